The Bertz CT molecular complexity index is 535. The first-order chi connectivity index (χ1) is 8.31. The second-order valence-corrected chi connectivity index (χ2v) is 3.87. The first-order valence-electron chi connectivity index (χ1n) is 5.54. The summed E-state index contributed by atoms with van der Waals surface area (Å²) in [5.41, 5.74) is 3.04. The van der Waals surface area contributed by atoms with Crippen molar-refractivity contribution in [2.75, 3.05) is 0 Å². The van der Waals surface area contributed by atoms with Crippen molar-refractivity contribution in [2.24, 2.45) is 0 Å². The fourth-order valence-corrected chi connectivity index (χ4v) is 1.68. The largest absolute Gasteiger partial charge is 0.488 e. The van der Waals surface area contributed by atoms with E-state index in [4.69, 9.17) is 11.2 Å². The molecule has 0 unspecified atom stereocenters. The van der Waals surface area contributed by atoms with Gasteiger partial charge in [0, 0.05) is 0 Å². The molecule has 0 saturated heterocycles. The van der Waals surface area contributed by atoms with Crippen molar-refractivity contribution in [3.8, 4) is 18.1 Å². The van der Waals surface area contributed by atoms with Crippen LogP contribution in [0.4, 0.5) is 0 Å². The molecule has 2 rings (SSSR count). The molecule has 17 heavy (non-hydrogen) atoms. The van der Waals surface area contributed by atoms with Gasteiger partial charge in [0.25, 0.3) is 0 Å². The van der Waals surface area contributed by atoms with Crippen LogP contribution in [0.2, 0.25) is 0 Å². The van der Waals surface area contributed by atoms with Crippen LogP contribution >= 0.6 is 0 Å². The average molecular weight is 222 g/mol. The highest BCUT2D eigenvalue weighted by Crippen LogP contribution is 2.21. The van der Waals surface area contributed by atoms with Crippen LogP contribution in [-0.4, -0.2) is 0 Å². The lowest BCUT2D eigenvalue weighted by Gasteiger charge is -2.10. The smallest absolute Gasteiger partial charge is 0.135 e. The molecule has 0 heterocycles. The van der Waals surface area contributed by atoms with Crippen molar-refractivity contribution in [3.63, 3.8) is 0 Å². The molecule has 0 amide bonds. The first kappa shape index (κ1) is 11.3. The number of rotatable bonds is 3. The Hall–Kier alpha value is -2.20. The summed E-state index contributed by atoms with van der Waals surface area (Å²) in [6, 6.07) is 15.9. The Morgan fingerprint density at radius 2 is 1.82 bits per heavy atom. The molecule has 0 aromatic heterocycles. The molecule has 0 atom stereocenters. The van der Waals surface area contributed by atoms with Gasteiger partial charge in [-0.25, -0.2) is 0 Å². The molecule has 0 aliphatic heterocycles. The van der Waals surface area contributed by atoms with Crippen LogP contribution in [-0.2, 0) is 6.61 Å². The Morgan fingerprint density at radius 1 is 1.06 bits per heavy atom. The maximum atomic E-state index is 5.75. The highest BCUT2D eigenvalue weighted by Gasteiger charge is 2.03. The molecule has 0 radical (unpaired) electrons. The van der Waals surface area contributed by atoms with Gasteiger partial charge in [-0.15, -0.1) is 6.42 Å². The number of terminal acetylenes is 1. The number of benzene rings is 2. The van der Waals surface area contributed by atoms with Gasteiger partial charge in [-0.3, -0.25) is 0 Å². The van der Waals surface area contributed by atoms with Gasteiger partial charge in [-0.05, 0) is 24.1 Å². The quantitative estimate of drug-likeness (QED) is 0.721. The third kappa shape index (κ3) is 2.68. The van der Waals surface area contributed by atoms with Gasteiger partial charge in [-0.2, -0.15) is 0 Å². The minimum Gasteiger partial charge on any atom is -0.488 e. The van der Waals surface area contributed by atoms with Crippen LogP contribution in [0.25, 0.3) is 0 Å². The number of hydrogen-bond acceptors (Lipinski definition) is 1. The minimum absolute atomic E-state index is 0.541. The van der Waals surface area contributed by atoms with Crippen LogP contribution in [0.15, 0.2) is 48.5 Å². The van der Waals surface area contributed by atoms with Crippen molar-refractivity contribution in [1.29, 1.82) is 0 Å². The van der Waals surface area contributed by atoms with E-state index >= 15 is 0 Å². The summed E-state index contributed by atoms with van der Waals surface area (Å²) in [6.45, 7) is 2.53. The summed E-state index contributed by atoms with van der Waals surface area (Å²) in [4.78, 5) is 0. The third-order valence-electron chi connectivity index (χ3n) is 2.62. The summed E-state index contributed by atoms with van der Waals surface area (Å²) in [6.07, 6.45) is 5.49. The Labute approximate surface area is 102 Å². The predicted molar refractivity (Wildman–Crippen MR) is 69.9 cm³/mol. The number of hydrogen-bond donors (Lipinski definition) is 0. The van der Waals surface area contributed by atoms with E-state index < -0.39 is 0 Å². The van der Waals surface area contributed by atoms with E-state index in [1.54, 1.807) is 0 Å². The van der Waals surface area contributed by atoms with Gasteiger partial charge >= 0.3 is 0 Å². The zero-order valence-electron chi connectivity index (χ0n) is 9.81. The summed E-state index contributed by atoms with van der Waals surface area (Å²) >= 11 is 0. The zero-order chi connectivity index (χ0) is 12.1. The van der Waals surface area contributed by atoms with E-state index in [9.17, 15) is 0 Å². The van der Waals surface area contributed by atoms with Crippen molar-refractivity contribution in [3.05, 3.63) is 65.2 Å². The topological polar surface area (TPSA) is 9.23 Å². The molecule has 2 aromatic rings. The molecule has 0 N–H and O–H groups in total. The minimum atomic E-state index is 0.541. The molecule has 2 aromatic carbocycles. The van der Waals surface area contributed by atoms with Crippen LogP contribution in [0.5, 0.6) is 5.75 Å². The molecule has 1 nitrogen and oxygen atoms in total. The van der Waals surface area contributed by atoms with Gasteiger partial charge in [0.2, 0.25) is 0 Å². The number of ether oxygens (including phenoxy) is 1. The third-order valence-corrected chi connectivity index (χ3v) is 2.62. The molecule has 0 aliphatic carbocycles. The number of aryl methyl sites for hydroxylation is 1. The summed E-state index contributed by atoms with van der Waals surface area (Å²) in [5, 5.41) is 0. The SMILES string of the molecule is C#Cc1c(C)cccc1OCc1ccccc1. The Kier molecular flexibility index (Phi) is 3.47. The van der Waals surface area contributed by atoms with E-state index in [0.717, 1.165) is 22.4 Å². The van der Waals surface area contributed by atoms with Crippen LogP contribution in [0, 0.1) is 19.3 Å². The monoisotopic (exact) mass is 222 g/mol. The van der Waals surface area contributed by atoms with Crippen molar-refractivity contribution >= 4 is 0 Å². The van der Waals surface area contributed by atoms with E-state index in [0.29, 0.717) is 6.61 Å². The lowest BCUT2D eigenvalue weighted by Crippen LogP contribution is -1.98. The maximum absolute atomic E-state index is 5.75. The van der Waals surface area contributed by atoms with E-state index in [2.05, 4.69) is 5.92 Å². The normalized spacial score (nSPS) is 9.65. The Morgan fingerprint density at radius 3 is 2.53 bits per heavy atom. The highest BCUT2D eigenvalue weighted by molar-refractivity contribution is 5.49. The lowest BCUT2D eigenvalue weighted by atomic mass is 10.1. The molecule has 1 heteroatoms. The van der Waals surface area contributed by atoms with Crippen LogP contribution in [0.1, 0.15) is 16.7 Å². The van der Waals surface area contributed by atoms with E-state index in [-0.39, 0.29) is 0 Å². The molecule has 0 aliphatic rings. The van der Waals surface area contributed by atoms with Gasteiger partial charge < -0.3 is 4.74 Å². The molecular formula is C16H14O. The lowest BCUT2D eigenvalue weighted by molar-refractivity contribution is 0.305. The van der Waals surface area contributed by atoms with Gasteiger partial charge in [0.15, 0.2) is 0 Å². The van der Waals surface area contributed by atoms with E-state index in [1.807, 2.05) is 55.5 Å². The molecular weight excluding hydrogens is 208 g/mol. The first-order valence-corrected chi connectivity index (χ1v) is 5.54. The second-order valence-electron chi connectivity index (χ2n) is 3.87. The van der Waals surface area contributed by atoms with Crippen molar-refractivity contribution in [2.45, 2.75) is 13.5 Å². The summed E-state index contributed by atoms with van der Waals surface area (Å²) in [7, 11) is 0. The molecule has 0 fully saturated rings. The van der Waals surface area contributed by atoms with Gasteiger partial charge in [-0.1, -0.05) is 48.4 Å². The second kappa shape index (κ2) is 5.23. The zero-order valence-corrected chi connectivity index (χ0v) is 9.81. The van der Waals surface area contributed by atoms with Crippen molar-refractivity contribution < 1.29 is 4.74 Å². The average Bonchev–Trinajstić information content (AvgIpc) is 2.37. The molecule has 0 spiro atoms. The fourth-order valence-electron chi connectivity index (χ4n) is 1.68. The predicted octanol–water partition coefficient (Wildman–Crippen LogP) is 3.56. The molecule has 0 saturated carbocycles. The fraction of sp³-hybridized carbons (Fsp3) is 0.125. The van der Waals surface area contributed by atoms with Gasteiger partial charge in [0.05, 0.1) is 5.56 Å². The molecule has 84 valence electrons. The standard InChI is InChI=1S/C16H14O/c1-3-15-13(2)8-7-11-16(15)17-12-14-9-5-4-6-10-14/h1,4-11H,12H2,2H3. The Balaban J connectivity index is 2.15. The van der Waals surface area contributed by atoms with Crippen molar-refractivity contribution in [1.82, 2.24) is 0 Å². The maximum Gasteiger partial charge on any atom is 0.135 e. The summed E-state index contributed by atoms with van der Waals surface area (Å²) < 4.78 is 5.75. The molecule has 0 bridgehead atoms. The van der Waals surface area contributed by atoms with E-state index in [1.165, 1.54) is 0 Å². The highest BCUT2D eigenvalue weighted by atomic mass is 16.5. The van der Waals surface area contributed by atoms with Gasteiger partial charge in [0.1, 0.15) is 12.4 Å². The summed E-state index contributed by atoms with van der Waals surface area (Å²) in [5.74, 6) is 3.45. The van der Waals surface area contributed by atoms with Crippen LogP contribution in [0.3, 0.4) is 0 Å². The van der Waals surface area contributed by atoms with Crippen LogP contribution < -0.4 is 4.74 Å².